The highest BCUT2D eigenvalue weighted by Gasteiger charge is 2.19. The van der Waals surface area contributed by atoms with E-state index in [1.807, 2.05) is 13.0 Å². The lowest BCUT2D eigenvalue weighted by atomic mass is 10.1. The molecule has 2 N–H and O–H groups in total. The number of nitrogens with two attached hydrogens (primary N) is 1. The number of hydrogen-bond donors (Lipinski definition) is 1. The Morgan fingerprint density at radius 2 is 1.69 bits per heavy atom. The number of ketones is 1. The van der Waals surface area contributed by atoms with Crippen molar-refractivity contribution in [3.05, 3.63) is 99.8 Å². The molecule has 3 rings (SSSR count). The maximum absolute atomic E-state index is 12.9. The first-order valence-corrected chi connectivity index (χ1v) is 10.8. The molecule has 0 unspecified atom stereocenters. The van der Waals surface area contributed by atoms with Crippen molar-refractivity contribution in [1.82, 2.24) is 4.57 Å². The normalized spacial score (nSPS) is 12.2. The number of primary sulfonamides is 1. The van der Waals surface area contributed by atoms with Gasteiger partial charge in [-0.15, -0.1) is 0 Å². The summed E-state index contributed by atoms with van der Waals surface area (Å²) in [5.74, 6) is -0.119. The average molecular weight is 429 g/mol. The molecule has 0 bridgehead atoms. The molecule has 0 aliphatic rings. The first kappa shape index (κ1) is 21.0. The molecule has 1 aromatic heterocycles. The van der Waals surface area contributed by atoms with Gasteiger partial charge in [-0.05, 0) is 48.4 Å². The Hall–Kier alpha value is -2.67. The van der Waals surface area contributed by atoms with Crippen LogP contribution in [0.25, 0.3) is 4.91 Å². The van der Waals surface area contributed by atoms with Gasteiger partial charge in [0.1, 0.15) is 0 Å². The number of carbonyl (C=O) groups excluding carboxylic acids is 1. The molecule has 150 valence electrons. The summed E-state index contributed by atoms with van der Waals surface area (Å²) in [4.78, 5) is 13.0. The summed E-state index contributed by atoms with van der Waals surface area (Å²) in [6.45, 7) is 1.86. The Bertz CT molecular complexity index is 1180. The molecule has 3 aromatic rings. The standard InChI is InChI=1S/C22H21ClN2O3S/c1-15-14-19(12-13-20(29(24,27)28)16-6-4-3-5-7-16)25(2)21(15)22(26)17-8-10-18(23)11-9-17/h3-11,13-14H,12H2,1-2H3,(H2,24,27,28). The number of rotatable bonds is 6. The van der Waals surface area contributed by atoms with E-state index < -0.39 is 10.0 Å². The quantitative estimate of drug-likeness (QED) is 0.600. The SMILES string of the molecule is Cc1cc(CC=C(c2ccccc2)S(N)(=O)=O)n(C)c1C(=O)c1ccc(Cl)cc1. The zero-order valence-electron chi connectivity index (χ0n) is 16.1. The number of hydrogen-bond acceptors (Lipinski definition) is 3. The molecule has 0 aliphatic heterocycles. The first-order valence-electron chi connectivity index (χ1n) is 8.92. The van der Waals surface area contributed by atoms with Crippen molar-refractivity contribution in [2.24, 2.45) is 12.2 Å². The number of aryl methyl sites for hydroxylation is 1. The Morgan fingerprint density at radius 3 is 2.28 bits per heavy atom. The molecule has 0 atom stereocenters. The molecule has 7 heteroatoms. The second kappa shape index (κ2) is 8.37. The molecule has 0 saturated carbocycles. The zero-order valence-corrected chi connectivity index (χ0v) is 17.7. The minimum absolute atomic E-state index is 0.0579. The van der Waals surface area contributed by atoms with Crippen molar-refractivity contribution in [3.63, 3.8) is 0 Å². The fourth-order valence-corrected chi connectivity index (χ4v) is 4.19. The lowest BCUT2D eigenvalue weighted by Gasteiger charge is -2.09. The summed E-state index contributed by atoms with van der Waals surface area (Å²) in [5.41, 5.74) is 3.23. The van der Waals surface area contributed by atoms with Gasteiger partial charge in [-0.25, -0.2) is 13.6 Å². The number of allylic oxidation sites excluding steroid dienone is 1. The Morgan fingerprint density at radius 1 is 1.07 bits per heavy atom. The van der Waals surface area contributed by atoms with Crippen LogP contribution in [0.4, 0.5) is 0 Å². The van der Waals surface area contributed by atoms with Gasteiger partial charge in [-0.2, -0.15) is 0 Å². The smallest absolute Gasteiger partial charge is 0.238 e. The summed E-state index contributed by atoms with van der Waals surface area (Å²) in [6, 6.07) is 17.3. The topological polar surface area (TPSA) is 82.2 Å². The van der Waals surface area contributed by atoms with Crippen molar-refractivity contribution in [3.8, 4) is 0 Å². The molecular formula is C22H21ClN2O3S. The van der Waals surface area contributed by atoms with Crippen molar-refractivity contribution in [1.29, 1.82) is 0 Å². The van der Waals surface area contributed by atoms with E-state index in [0.29, 0.717) is 28.3 Å². The Balaban J connectivity index is 1.96. The maximum atomic E-state index is 12.9. The first-order chi connectivity index (χ1) is 13.7. The molecule has 0 fully saturated rings. The van der Waals surface area contributed by atoms with Crippen LogP contribution in [0.5, 0.6) is 0 Å². The monoisotopic (exact) mass is 428 g/mol. The van der Waals surface area contributed by atoms with Crippen molar-refractivity contribution >= 4 is 32.3 Å². The van der Waals surface area contributed by atoms with Gasteiger partial charge < -0.3 is 4.57 Å². The van der Waals surface area contributed by atoms with Crippen LogP contribution in [0.2, 0.25) is 5.02 Å². The van der Waals surface area contributed by atoms with Gasteiger partial charge >= 0.3 is 0 Å². The zero-order chi connectivity index (χ0) is 21.2. The summed E-state index contributed by atoms with van der Waals surface area (Å²) in [7, 11) is -2.11. The van der Waals surface area contributed by atoms with Gasteiger partial charge in [-0.1, -0.05) is 48.0 Å². The van der Waals surface area contributed by atoms with Crippen LogP contribution in [-0.2, 0) is 23.5 Å². The summed E-state index contributed by atoms with van der Waals surface area (Å²) < 4.78 is 25.9. The molecule has 1 heterocycles. The van der Waals surface area contributed by atoms with Gasteiger partial charge in [0.25, 0.3) is 0 Å². The molecule has 0 amide bonds. The van der Waals surface area contributed by atoms with Gasteiger partial charge in [0.05, 0.1) is 10.6 Å². The predicted molar refractivity (Wildman–Crippen MR) is 116 cm³/mol. The van der Waals surface area contributed by atoms with E-state index in [2.05, 4.69) is 0 Å². The van der Waals surface area contributed by atoms with Crippen LogP contribution >= 0.6 is 11.6 Å². The Labute approximate surface area is 175 Å². The van der Waals surface area contributed by atoms with E-state index in [0.717, 1.165) is 11.3 Å². The largest absolute Gasteiger partial charge is 0.344 e. The highest BCUT2D eigenvalue weighted by atomic mass is 35.5. The molecule has 0 aliphatic carbocycles. The molecular weight excluding hydrogens is 408 g/mol. The number of sulfonamides is 1. The Kier molecular flexibility index (Phi) is 6.07. The van der Waals surface area contributed by atoms with E-state index >= 15 is 0 Å². The van der Waals surface area contributed by atoms with E-state index in [4.69, 9.17) is 16.7 Å². The number of nitrogens with zero attached hydrogens (tertiary/aromatic N) is 1. The van der Waals surface area contributed by atoms with Crippen LogP contribution in [0.3, 0.4) is 0 Å². The van der Waals surface area contributed by atoms with Crippen LogP contribution < -0.4 is 5.14 Å². The van der Waals surface area contributed by atoms with Crippen LogP contribution in [-0.4, -0.2) is 18.8 Å². The van der Waals surface area contributed by atoms with Crippen molar-refractivity contribution in [2.75, 3.05) is 0 Å². The summed E-state index contributed by atoms with van der Waals surface area (Å²) in [6.07, 6.45) is 1.89. The van der Waals surface area contributed by atoms with Gasteiger partial charge in [0, 0.05) is 29.7 Å². The van der Waals surface area contributed by atoms with E-state index in [-0.39, 0.29) is 10.7 Å². The van der Waals surface area contributed by atoms with E-state index in [1.165, 1.54) is 0 Å². The van der Waals surface area contributed by atoms with Gasteiger partial charge in [-0.3, -0.25) is 4.79 Å². The second-order valence-corrected chi connectivity index (χ2v) is 8.71. The van der Waals surface area contributed by atoms with Crippen LogP contribution in [0, 0.1) is 6.92 Å². The number of aromatic nitrogens is 1. The van der Waals surface area contributed by atoms with Gasteiger partial charge in [0.2, 0.25) is 15.8 Å². The van der Waals surface area contributed by atoms with E-state index in [9.17, 15) is 13.2 Å². The third-order valence-corrected chi connectivity index (χ3v) is 5.97. The third-order valence-electron chi connectivity index (χ3n) is 4.71. The van der Waals surface area contributed by atoms with Gasteiger partial charge in [0.15, 0.2) is 0 Å². The molecule has 0 spiro atoms. The molecule has 29 heavy (non-hydrogen) atoms. The fraction of sp³-hybridized carbons (Fsp3) is 0.136. The highest BCUT2D eigenvalue weighted by molar-refractivity contribution is 7.98. The van der Waals surface area contributed by atoms with Crippen molar-refractivity contribution in [2.45, 2.75) is 13.3 Å². The average Bonchev–Trinajstić information content (AvgIpc) is 2.95. The lowest BCUT2D eigenvalue weighted by molar-refractivity contribution is 0.103. The molecule has 0 radical (unpaired) electrons. The molecule has 2 aromatic carbocycles. The predicted octanol–water partition coefficient (Wildman–Crippen LogP) is 4.09. The maximum Gasteiger partial charge on any atom is 0.238 e. The van der Waals surface area contributed by atoms with Crippen molar-refractivity contribution < 1.29 is 13.2 Å². The number of carbonyl (C=O) groups is 1. The lowest BCUT2D eigenvalue weighted by Crippen LogP contribution is -2.14. The minimum Gasteiger partial charge on any atom is -0.344 e. The summed E-state index contributed by atoms with van der Waals surface area (Å²) >= 11 is 5.90. The number of halogens is 1. The number of benzene rings is 2. The fourth-order valence-electron chi connectivity index (χ4n) is 3.29. The minimum atomic E-state index is -3.90. The summed E-state index contributed by atoms with van der Waals surface area (Å²) in [5, 5.41) is 5.98. The van der Waals surface area contributed by atoms with E-state index in [1.54, 1.807) is 72.3 Å². The molecule has 5 nitrogen and oxygen atoms in total. The third kappa shape index (κ3) is 4.67. The second-order valence-electron chi connectivity index (χ2n) is 6.75. The van der Waals surface area contributed by atoms with Crippen LogP contribution in [0.15, 0.2) is 66.7 Å². The highest BCUT2D eigenvalue weighted by Crippen LogP contribution is 2.23. The van der Waals surface area contributed by atoms with Crippen LogP contribution in [0.1, 0.15) is 32.9 Å². The molecule has 0 saturated heterocycles.